The van der Waals surface area contributed by atoms with Gasteiger partial charge in [0.15, 0.2) is 0 Å². The number of Topliss-reactive ketones (excluding diaryl/α,β-unsaturated/α-hetero) is 2. The van der Waals surface area contributed by atoms with E-state index >= 15 is 0 Å². The number of rotatable bonds is 9. The number of carbonyl (C=O) groups excluding carboxylic acids is 3. The number of hydrogen-bond acceptors (Lipinski definition) is 6. The molecular weight excluding hydrogens is 462 g/mol. The first-order chi connectivity index (χ1) is 16.8. The highest BCUT2D eigenvalue weighted by Crippen LogP contribution is 2.44. The number of ketones is 2. The molecule has 1 fully saturated rings. The van der Waals surface area contributed by atoms with E-state index in [1.807, 2.05) is 42.5 Å². The van der Waals surface area contributed by atoms with Crippen molar-refractivity contribution in [3.8, 4) is 16.2 Å². The molecule has 2 heterocycles. The smallest absolute Gasteiger partial charge is 0.295 e. The molecular formula is C28H29NO5S. The molecule has 182 valence electrons. The third-order valence-electron chi connectivity index (χ3n) is 6.13. The average molecular weight is 492 g/mol. The minimum Gasteiger partial charge on any atom is -0.491 e. The molecule has 6 nitrogen and oxygen atoms in total. The van der Waals surface area contributed by atoms with E-state index in [0.717, 1.165) is 10.4 Å². The Kier molecular flexibility index (Phi) is 7.48. The first-order valence-electron chi connectivity index (χ1n) is 11.6. The van der Waals surface area contributed by atoms with Gasteiger partial charge in [-0.25, -0.2) is 0 Å². The third kappa shape index (κ3) is 4.92. The molecule has 4 rings (SSSR count). The van der Waals surface area contributed by atoms with Crippen LogP contribution in [0.3, 0.4) is 0 Å². The minimum atomic E-state index is -1.10. The number of thiophene rings is 1. The van der Waals surface area contributed by atoms with Crippen LogP contribution < -0.4 is 9.64 Å². The molecule has 2 aromatic carbocycles. The van der Waals surface area contributed by atoms with Gasteiger partial charge in [-0.05, 0) is 42.8 Å². The molecule has 0 radical (unpaired) electrons. The molecule has 1 aromatic heterocycles. The third-order valence-corrected chi connectivity index (χ3v) is 7.18. The fraction of sp³-hybridized carbons (Fsp3) is 0.321. The van der Waals surface area contributed by atoms with Crippen molar-refractivity contribution in [2.24, 2.45) is 11.8 Å². The van der Waals surface area contributed by atoms with Crippen molar-refractivity contribution in [3.05, 3.63) is 71.1 Å². The van der Waals surface area contributed by atoms with Gasteiger partial charge in [0.25, 0.3) is 5.91 Å². The summed E-state index contributed by atoms with van der Waals surface area (Å²) in [6, 6.07) is 18.1. The fourth-order valence-corrected chi connectivity index (χ4v) is 5.25. The van der Waals surface area contributed by atoms with Crippen LogP contribution in [0.5, 0.6) is 5.75 Å². The van der Waals surface area contributed by atoms with Crippen LogP contribution in [-0.4, -0.2) is 37.8 Å². The van der Waals surface area contributed by atoms with E-state index in [4.69, 9.17) is 9.47 Å². The maximum Gasteiger partial charge on any atom is 0.295 e. The van der Waals surface area contributed by atoms with Crippen LogP contribution in [0, 0.1) is 18.8 Å². The molecule has 0 aliphatic carbocycles. The molecule has 1 amide bonds. The van der Waals surface area contributed by atoms with Crippen LogP contribution in [0.15, 0.2) is 60.7 Å². The maximum absolute atomic E-state index is 13.3. The molecule has 1 saturated heterocycles. The van der Waals surface area contributed by atoms with E-state index in [9.17, 15) is 14.4 Å². The SMILES string of the molecule is COCCOc1ccccc1[C@@H]1C(C(=O)C(C)C)C(=O)C(=O)N1c1ccc(-c2ccc(C)s2)cc1. The summed E-state index contributed by atoms with van der Waals surface area (Å²) in [6.45, 7) is 6.25. The summed E-state index contributed by atoms with van der Waals surface area (Å²) >= 11 is 1.69. The predicted molar refractivity (Wildman–Crippen MR) is 137 cm³/mol. The van der Waals surface area contributed by atoms with Crippen molar-refractivity contribution < 1.29 is 23.9 Å². The highest BCUT2D eigenvalue weighted by molar-refractivity contribution is 7.15. The lowest BCUT2D eigenvalue weighted by Crippen LogP contribution is -2.32. The summed E-state index contributed by atoms with van der Waals surface area (Å²) in [5.41, 5.74) is 2.22. The van der Waals surface area contributed by atoms with Crippen molar-refractivity contribution in [1.29, 1.82) is 0 Å². The number of benzene rings is 2. The van der Waals surface area contributed by atoms with Crippen LogP contribution in [0.25, 0.3) is 10.4 Å². The number of aryl methyl sites for hydroxylation is 1. The van der Waals surface area contributed by atoms with Gasteiger partial charge in [-0.3, -0.25) is 19.3 Å². The normalized spacial score (nSPS) is 17.9. The Hall–Kier alpha value is -3.29. The molecule has 7 heteroatoms. The number of amides is 1. The summed E-state index contributed by atoms with van der Waals surface area (Å²) in [5, 5.41) is 0. The molecule has 0 spiro atoms. The summed E-state index contributed by atoms with van der Waals surface area (Å²) < 4.78 is 11.0. The van der Waals surface area contributed by atoms with Crippen LogP contribution in [0.2, 0.25) is 0 Å². The van der Waals surface area contributed by atoms with Crippen LogP contribution in [0.4, 0.5) is 5.69 Å². The van der Waals surface area contributed by atoms with Gasteiger partial charge < -0.3 is 9.47 Å². The molecule has 1 aliphatic rings. The van der Waals surface area contributed by atoms with Crippen LogP contribution in [0.1, 0.15) is 30.3 Å². The van der Waals surface area contributed by atoms with Gasteiger partial charge in [0, 0.05) is 34.0 Å². The Bertz CT molecular complexity index is 1230. The second-order valence-corrected chi connectivity index (χ2v) is 10.1. The zero-order valence-corrected chi connectivity index (χ0v) is 21.1. The average Bonchev–Trinajstić information content (AvgIpc) is 3.40. The molecule has 1 aliphatic heterocycles. The molecule has 35 heavy (non-hydrogen) atoms. The van der Waals surface area contributed by atoms with Crippen molar-refractivity contribution in [3.63, 3.8) is 0 Å². The zero-order chi connectivity index (χ0) is 25.1. The summed E-state index contributed by atoms with van der Waals surface area (Å²) in [7, 11) is 1.59. The van der Waals surface area contributed by atoms with Gasteiger partial charge >= 0.3 is 0 Å². The lowest BCUT2D eigenvalue weighted by molar-refractivity contribution is -0.139. The van der Waals surface area contributed by atoms with E-state index in [0.29, 0.717) is 30.2 Å². The number of para-hydroxylation sites is 1. The summed E-state index contributed by atoms with van der Waals surface area (Å²) in [4.78, 5) is 43.5. The lowest BCUT2D eigenvalue weighted by atomic mass is 9.84. The molecule has 0 bridgehead atoms. The Balaban J connectivity index is 1.79. The first-order valence-corrected chi connectivity index (χ1v) is 12.4. The summed E-state index contributed by atoms with van der Waals surface area (Å²) in [6.07, 6.45) is 0. The van der Waals surface area contributed by atoms with E-state index in [2.05, 4.69) is 19.1 Å². The first kappa shape index (κ1) is 24.8. The number of carbonyl (C=O) groups is 3. The molecule has 3 aromatic rings. The van der Waals surface area contributed by atoms with E-state index < -0.39 is 29.6 Å². The van der Waals surface area contributed by atoms with Crippen molar-refractivity contribution >= 4 is 34.5 Å². The number of methoxy groups -OCH3 is 1. The number of nitrogens with zero attached hydrogens (tertiary/aromatic N) is 1. The Morgan fingerprint density at radius 1 is 1.00 bits per heavy atom. The molecule has 0 N–H and O–H groups in total. The lowest BCUT2D eigenvalue weighted by Gasteiger charge is -2.29. The molecule has 0 saturated carbocycles. The van der Waals surface area contributed by atoms with Gasteiger partial charge in [0.2, 0.25) is 5.78 Å². The van der Waals surface area contributed by atoms with Gasteiger partial charge in [-0.15, -0.1) is 11.3 Å². The van der Waals surface area contributed by atoms with Gasteiger partial charge in [-0.2, -0.15) is 0 Å². The monoisotopic (exact) mass is 491 g/mol. The second-order valence-electron chi connectivity index (χ2n) is 8.86. The van der Waals surface area contributed by atoms with Gasteiger partial charge in [-0.1, -0.05) is 44.2 Å². The van der Waals surface area contributed by atoms with Crippen LogP contribution in [-0.2, 0) is 19.1 Å². The number of anilines is 1. The standard InChI is InChI=1S/C28H29NO5S/c1-17(2)26(30)24-25(21-7-5-6-8-22(21)34-16-15-33-4)29(28(32)27(24)31)20-12-10-19(11-13-20)23-14-9-18(3)35-23/h5-14,17,24-25H,15-16H2,1-4H3/t24?,25-/m1/s1. The number of hydrogen-bond donors (Lipinski definition) is 0. The van der Waals surface area contributed by atoms with Crippen molar-refractivity contribution in [2.45, 2.75) is 26.8 Å². The number of ether oxygens (including phenoxy) is 2. The topological polar surface area (TPSA) is 72.9 Å². The minimum absolute atomic E-state index is 0.256. The van der Waals surface area contributed by atoms with E-state index in [1.54, 1.807) is 38.4 Å². The highest BCUT2D eigenvalue weighted by atomic mass is 32.1. The maximum atomic E-state index is 13.3. The van der Waals surface area contributed by atoms with Gasteiger partial charge in [0.05, 0.1) is 12.6 Å². The fourth-order valence-electron chi connectivity index (χ4n) is 4.38. The summed E-state index contributed by atoms with van der Waals surface area (Å²) in [5.74, 6) is -2.60. The quantitative estimate of drug-likeness (QED) is 0.232. The van der Waals surface area contributed by atoms with Crippen molar-refractivity contribution in [1.82, 2.24) is 0 Å². The van der Waals surface area contributed by atoms with Crippen molar-refractivity contribution in [2.75, 3.05) is 25.2 Å². The molecule has 1 unspecified atom stereocenters. The zero-order valence-electron chi connectivity index (χ0n) is 20.3. The Morgan fingerprint density at radius 3 is 2.34 bits per heavy atom. The molecule has 2 atom stereocenters. The van der Waals surface area contributed by atoms with E-state index in [-0.39, 0.29) is 5.78 Å². The van der Waals surface area contributed by atoms with E-state index in [1.165, 1.54) is 9.78 Å². The Labute approximate surface area is 209 Å². The van der Waals surface area contributed by atoms with Crippen LogP contribution >= 0.6 is 11.3 Å². The highest BCUT2D eigenvalue weighted by Gasteiger charge is 2.53. The predicted octanol–water partition coefficient (Wildman–Crippen LogP) is 5.25. The largest absolute Gasteiger partial charge is 0.491 e. The Morgan fingerprint density at radius 2 is 1.71 bits per heavy atom. The van der Waals surface area contributed by atoms with Gasteiger partial charge in [0.1, 0.15) is 24.1 Å². The second kappa shape index (κ2) is 10.5.